The number of hydrogen-bond donors (Lipinski definition) is 0. The molecular formula is C15H23N3O2. The van der Waals surface area contributed by atoms with Gasteiger partial charge in [0, 0.05) is 32.9 Å². The highest BCUT2D eigenvalue weighted by atomic mass is 16.5. The smallest absolute Gasteiger partial charge is 0.257 e. The minimum absolute atomic E-state index is 0.0355. The Morgan fingerprint density at radius 2 is 2.15 bits per heavy atom. The van der Waals surface area contributed by atoms with E-state index in [0.717, 1.165) is 25.5 Å². The molecule has 0 aliphatic carbocycles. The molecule has 0 bridgehead atoms. The third kappa shape index (κ3) is 3.48. The first-order valence-electron chi connectivity index (χ1n) is 7.12. The Morgan fingerprint density at radius 1 is 1.45 bits per heavy atom. The number of amides is 1. The van der Waals surface area contributed by atoms with Crippen molar-refractivity contribution in [3.05, 3.63) is 23.9 Å². The monoisotopic (exact) mass is 277 g/mol. The van der Waals surface area contributed by atoms with Crippen molar-refractivity contribution in [2.45, 2.75) is 13.8 Å². The minimum atomic E-state index is 0.0355. The second-order valence-corrected chi connectivity index (χ2v) is 5.55. The van der Waals surface area contributed by atoms with Crippen molar-refractivity contribution < 1.29 is 9.53 Å². The van der Waals surface area contributed by atoms with Gasteiger partial charge in [0.05, 0.1) is 18.8 Å². The maximum absolute atomic E-state index is 12.6. The number of carbonyl (C=O) groups is 1. The van der Waals surface area contributed by atoms with Gasteiger partial charge in [-0.05, 0) is 18.1 Å². The van der Waals surface area contributed by atoms with Crippen LogP contribution in [0.15, 0.2) is 18.3 Å². The van der Waals surface area contributed by atoms with E-state index < -0.39 is 0 Å². The Balaban J connectivity index is 2.20. The van der Waals surface area contributed by atoms with Crippen molar-refractivity contribution in [2.75, 3.05) is 44.8 Å². The van der Waals surface area contributed by atoms with E-state index in [2.05, 4.69) is 23.7 Å². The predicted octanol–water partition coefficient (Wildman–Crippen LogP) is 1.65. The van der Waals surface area contributed by atoms with Crippen LogP contribution in [-0.4, -0.2) is 55.7 Å². The summed E-state index contributed by atoms with van der Waals surface area (Å²) in [6, 6.07) is 3.68. The van der Waals surface area contributed by atoms with Crippen LogP contribution >= 0.6 is 0 Å². The fraction of sp³-hybridized carbons (Fsp3) is 0.600. The van der Waals surface area contributed by atoms with Crippen LogP contribution in [0.4, 0.5) is 5.82 Å². The molecular weight excluding hydrogens is 254 g/mol. The fourth-order valence-electron chi connectivity index (χ4n) is 2.43. The molecule has 2 rings (SSSR count). The van der Waals surface area contributed by atoms with E-state index in [1.807, 2.05) is 19.2 Å². The first kappa shape index (κ1) is 14.8. The van der Waals surface area contributed by atoms with Crippen LogP contribution in [0, 0.1) is 5.92 Å². The summed E-state index contributed by atoms with van der Waals surface area (Å²) in [5, 5.41) is 0. The summed E-state index contributed by atoms with van der Waals surface area (Å²) in [5.74, 6) is 1.26. The van der Waals surface area contributed by atoms with Crippen molar-refractivity contribution in [1.82, 2.24) is 9.88 Å². The second-order valence-electron chi connectivity index (χ2n) is 5.55. The average Bonchev–Trinajstić information content (AvgIpc) is 2.46. The highest BCUT2D eigenvalue weighted by molar-refractivity contribution is 5.98. The summed E-state index contributed by atoms with van der Waals surface area (Å²) in [6.45, 7) is 7.90. The Bertz CT molecular complexity index is 456. The Hall–Kier alpha value is -1.62. The molecule has 0 saturated carbocycles. The quantitative estimate of drug-likeness (QED) is 0.839. The topological polar surface area (TPSA) is 45.7 Å². The summed E-state index contributed by atoms with van der Waals surface area (Å²) < 4.78 is 5.36. The van der Waals surface area contributed by atoms with E-state index in [0.29, 0.717) is 24.7 Å². The van der Waals surface area contributed by atoms with Gasteiger partial charge in [0.2, 0.25) is 0 Å². The van der Waals surface area contributed by atoms with E-state index in [9.17, 15) is 4.79 Å². The molecule has 1 aromatic heterocycles. The van der Waals surface area contributed by atoms with E-state index in [-0.39, 0.29) is 5.91 Å². The molecule has 1 aliphatic rings. The molecule has 2 heterocycles. The zero-order valence-electron chi connectivity index (χ0n) is 12.5. The normalized spacial score (nSPS) is 15.5. The van der Waals surface area contributed by atoms with E-state index >= 15 is 0 Å². The molecule has 1 saturated heterocycles. The number of aromatic nitrogens is 1. The lowest BCUT2D eigenvalue weighted by Gasteiger charge is -2.30. The number of morpholine rings is 1. The van der Waals surface area contributed by atoms with Gasteiger partial charge in [-0.2, -0.15) is 0 Å². The Kier molecular flexibility index (Phi) is 4.95. The third-order valence-corrected chi connectivity index (χ3v) is 3.31. The van der Waals surface area contributed by atoms with Crippen LogP contribution in [-0.2, 0) is 4.74 Å². The van der Waals surface area contributed by atoms with Crippen LogP contribution < -0.4 is 4.90 Å². The molecule has 5 heteroatoms. The molecule has 1 fully saturated rings. The SMILES string of the molecule is CC(C)CN(C)C(=O)c1cccnc1N1CCOCC1. The molecule has 5 nitrogen and oxygen atoms in total. The molecule has 0 atom stereocenters. The van der Waals surface area contributed by atoms with Gasteiger partial charge in [-0.25, -0.2) is 4.98 Å². The summed E-state index contributed by atoms with van der Waals surface area (Å²) >= 11 is 0. The van der Waals surface area contributed by atoms with Crippen molar-refractivity contribution in [3.63, 3.8) is 0 Å². The van der Waals surface area contributed by atoms with Crippen LogP contribution in [0.5, 0.6) is 0 Å². The lowest BCUT2D eigenvalue weighted by atomic mass is 10.1. The van der Waals surface area contributed by atoms with Crippen LogP contribution in [0.1, 0.15) is 24.2 Å². The van der Waals surface area contributed by atoms with E-state index in [1.165, 1.54) is 0 Å². The summed E-state index contributed by atoms with van der Waals surface area (Å²) in [7, 11) is 1.85. The highest BCUT2D eigenvalue weighted by Gasteiger charge is 2.22. The predicted molar refractivity (Wildman–Crippen MR) is 79.1 cm³/mol. The molecule has 0 aromatic carbocycles. The summed E-state index contributed by atoms with van der Waals surface area (Å²) in [5.41, 5.74) is 0.678. The number of rotatable bonds is 4. The van der Waals surface area contributed by atoms with Gasteiger partial charge >= 0.3 is 0 Å². The van der Waals surface area contributed by atoms with Crippen molar-refractivity contribution >= 4 is 11.7 Å². The molecule has 1 aliphatic heterocycles. The highest BCUT2D eigenvalue weighted by Crippen LogP contribution is 2.20. The van der Waals surface area contributed by atoms with Crippen LogP contribution in [0.2, 0.25) is 0 Å². The summed E-state index contributed by atoms with van der Waals surface area (Å²) in [6.07, 6.45) is 1.74. The standard InChI is InChI=1S/C15H23N3O2/c1-12(2)11-17(3)15(19)13-5-4-6-16-14(13)18-7-9-20-10-8-18/h4-6,12H,7-11H2,1-3H3. The number of pyridine rings is 1. The first-order valence-corrected chi connectivity index (χ1v) is 7.12. The number of anilines is 1. The van der Waals surface area contributed by atoms with Gasteiger partial charge in [0.1, 0.15) is 5.82 Å². The van der Waals surface area contributed by atoms with Gasteiger partial charge in [0.15, 0.2) is 0 Å². The third-order valence-electron chi connectivity index (χ3n) is 3.31. The number of nitrogens with zero attached hydrogens (tertiary/aromatic N) is 3. The average molecular weight is 277 g/mol. The lowest BCUT2D eigenvalue weighted by Crippen LogP contribution is -2.39. The van der Waals surface area contributed by atoms with Gasteiger partial charge in [-0.3, -0.25) is 4.79 Å². The molecule has 1 aromatic rings. The number of ether oxygens (including phenoxy) is 1. The maximum atomic E-state index is 12.6. The maximum Gasteiger partial charge on any atom is 0.257 e. The molecule has 20 heavy (non-hydrogen) atoms. The van der Waals surface area contributed by atoms with Crippen molar-refractivity contribution in [1.29, 1.82) is 0 Å². The lowest BCUT2D eigenvalue weighted by molar-refractivity contribution is 0.0778. The molecule has 0 radical (unpaired) electrons. The van der Waals surface area contributed by atoms with Gasteiger partial charge in [-0.1, -0.05) is 13.8 Å². The van der Waals surface area contributed by atoms with E-state index in [4.69, 9.17) is 4.74 Å². The van der Waals surface area contributed by atoms with Crippen molar-refractivity contribution in [3.8, 4) is 0 Å². The molecule has 0 N–H and O–H groups in total. The zero-order chi connectivity index (χ0) is 14.5. The molecule has 0 unspecified atom stereocenters. The van der Waals surface area contributed by atoms with Gasteiger partial charge < -0.3 is 14.5 Å². The minimum Gasteiger partial charge on any atom is -0.378 e. The molecule has 110 valence electrons. The Morgan fingerprint density at radius 3 is 2.80 bits per heavy atom. The van der Waals surface area contributed by atoms with Crippen LogP contribution in [0.3, 0.4) is 0 Å². The second kappa shape index (κ2) is 6.70. The van der Waals surface area contributed by atoms with Gasteiger partial charge in [0.25, 0.3) is 5.91 Å². The molecule has 1 amide bonds. The van der Waals surface area contributed by atoms with Crippen molar-refractivity contribution in [2.24, 2.45) is 5.92 Å². The summed E-state index contributed by atoms with van der Waals surface area (Å²) in [4.78, 5) is 20.9. The number of carbonyl (C=O) groups excluding carboxylic acids is 1. The Labute approximate surface area is 120 Å². The fourth-order valence-corrected chi connectivity index (χ4v) is 2.43. The van der Waals surface area contributed by atoms with Crippen LogP contribution in [0.25, 0.3) is 0 Å². The van der Waals surface area contributed by atoms with Gasteiger partial charge in [-0.15, -0.1) is 0 Å². The molecule has 0 spiro atoms. The van der Waals surface area contributed by atoms with E-state index in [1.54, 1.807) is 11.1 Å². The zero-order valence-corrected chi connectivity index (χ0v) is 12.5. The largest absolute Gasteiger partial charge is 0.378 e. The number of hydrogen-bond acceptors (Lipinski definition) is 4. The first-order chi connectivity index (χ1) is 9.59.